The van der Waals surface area contributed by atoms with Gasteiger partial charge in [0.25, 0.3) is 15.9 Å². The molecule has 0 aliphatic carbocycles. The van der Waals surface area contributed by atoms with Crippen molar-refractivity contribution in [3.8, 4) is 5.75 Å². The summed E-state index contributed by atoms with van der Waals surface area (Å²) in [5.41, 5.74) is 4.25. The van der Waals surface area contributed by atoms with Gasteiger partial charge in [0.05, 0.1) is 16.8 Å². The van der Waals surface area contributed by atoms with Crippen LogP contribution in [0.2, 0.25) is 5.02 Å². The van der Waals surface area contributed by atoms with Crippen molar-refractivity contribution in [2.75, 3.05) is 17.5 Å². The lowest BCUT2D eigenvalue weighted by atomic mass is 10.2. The Morgan fingerprint density at radius 2 is 1.85 bits per heavy atom. The number of nitrogens with one attached hydrogen (secondary N) is 1. The third-order valence-electron chi connectivity index (χ3n) is 4.62. The number of rotatable bonds is 10. The smallest absolute Gasteiger partial charge is 0.264 e. The maximum Gasteiger partial charge on any atom is 0.264 e. The Morgan fingerprint density at radius 1 is 1.12 bits per heavy atom. The van der Waals surface area contributed by atoms with Gasteiger partial charge >= 0.3 is 0 Å². The Bertz CT molecular complexity index is 1290. The quantitative estimate of drug-likeness (QED) is 0.253. The summed E-state index contributed by atoms with van der Waals surface area (Å²) in [5, 5.41) is 4.29. The minimum atomic E-state index is -4.04. The van der Waals surface area contributed by atoms with Crippen molar-refractivity contribution in [1.82, 2.24) is 5.43 Å². The number of hydrogen-bond donors (Lipinski definition) is 1. The zero-order chi connectivity index (χ0) is 24.6. The van der Waals surface area contributed by atoms with Gasteiger partial charge in [-0.1, -0.05) is 60.2 Å². The average Bonchev–Trinajstić information content (AvgIpc) is 2.81. The van der Waals surface area contributed by atoms with Crippen LogP contribution in [0.25, 0.3) is 0 Å². The van der Waals surface area contributed by atoms with Crippen LogP contribution in [0.4, 0.5) is 5.69 Å². The van der Waals surface area contributed by atoms with E-state index < -0.39 is 22.5 Å². The predicted molar refractivity (Wildman–Crippen MR) is 135 cm³/mol. The molecule has 7 nitrogen and oxygen atoms in total. The van der Waals surface area contributed by atoms with Crippen LogP contribution in [0.1, 0.15) is 11.1 Å². The van der Waals surface area contributed by atoms with E-state index in [2.05, 4.69) is 17.1 Å². The molecule has 0 saturated carbocycles. The van der Waals surface area contributed by atoms with Gasteiger partial charge in [-0.2, -0.15) is 5.10 Å². The highest BCUT2D eigenvalue weighted by Gasteiger charge is 2.27. The number of hydrogen-bond acceptors (Lipinski definition) is 5. The summed E-state index contributed by atoms with van der Waals surface area (Å²) < 4.78 is 33.2. The highest BCUT2D eigenvalue weighted by Crippen LogP contribution is 2.26. The molecule has 34 heavy (non-hydrogen) atoms. The molecule has 3 aromatic rings. The van der Waals surface area contributed by atoms with Crippen molar-refractivity contribution in [2.24, 2.45) is 5.10 Å². The normalized spacial score (nSPS) is 11.2. The standard InChI is InChI=1S/C25H24ClN3O4S/c1-3-14-33-23-9-4-6-20(15-23)17-27-28-25(30)18-29(22-8-5-7-21(26)16-22)34(31,32)24-12-10-19(2)11-13-24/h3-13,15-17H,1,14,18H2,2H3,(H,28,30)/b27-17-. The molecular formula is C25H24ClN3O4S. The van der Waals surface area contributed by atoms with E-state index in [9.17, 15) is 13.2 Å². The first kappa shape index (κ1) is 25.0. The third-order valence-corrected chi connectivity index (χ3v) is 6.64. The van der Waals surface area contributed by atoms with Crippen molar-refractivity contribution in [1.29, 1.82) is 0 Å². The van der Waals surface area contributed by atoms with E-state index in [4.69, 9.17) is 16.3 Å². The fourth-order valence-corrected chi connectivity index (χ4v) is 4.57. The number of sulfonamides is 1. The molecule has 3 rings (SSSR count). The summed E-state index contributed by atoms with van der Waals surface area (Å²) in [4.78, 5) is 12.7. The van der Waals surface area contributed by atoms with Gasteiger partial charge in [-0.25, -0.2) is 13.8 Å². The molecule has 0 bridgehead atoms. The number of hydrazone groups is 1. The molecule has 0 radical (unpaired) electrons. The molecule has 0 saturated heterocycles. The summed E-state index contributed by atoms with van der Waals surface area (Å²) in [6, 6.07) is 19.8. The summed E-state index contributed by atoms with van der Waals surface area (Å²) in [7, 11) is -4.04. The summed E-state index contributed by atoms with van der Waals surface area (Å²) in [6.45, 7) is 5.34. The van der Waals surface area contributed by atoms with E-state index in [0.29, 0.717) is 22.9 Å². The van der Waals surface area contributed by atoms with Crippen LogP contribution in [0.3, 0.4) is 0 Å². The summed E-state index contributed by atoms with van der Waals surface area (Å²) in [6.07, 6.45) is 3.08. The van der Waals surface area contributed by atoms with Gasteiger partial charge in [0, 0.05) is 5.02 Å². The average molecular weight is 498 g/mol. The van der Waals surface area contributed by atoms with Gasteiger partial charge in [-0.05, 0) is 55.0 Å². The Balaban J connectivity index is 1.79. The van der Waals surface area contributed by atoms with Crippen LogP contribution in [-0.2, 0) is 14.8 Å². The van der Waals surface area contributed by atoms with E-state index in [-0.39, 0.29) is 10.6 Å². The van der Waals surface area contributed by atoms with E-state index >= 15 is 0 Å². The van der Waals surface area contributed by atoms with Gasteiger partial charge < -0.3 is 4.74 Å². The number of anilines is 1. The van der Waals surface area contributed by atoms with Gasteiger partial charge in [0.1, 0.15) is 18.9 Å². The van der Waals surface area contributed by atoms with E-state index in [1.807, 2.05) is 6.92 Å². The molecule has 0 aromatic heterocycles. The SMILES string of the molecule is C=CCOc1cccc(/C=N\NC(=O)CN(c2cccc(Cl)c2)S(=O)(=O)c2ccc(C)cc2)c1. The molecule has 0 aliphatic rings. The monoisotopic (exact) mass is 497 g/mol. The third kappa shape index (κ3) is 6.69. The molecule has 0 heterocycles. The van der Waals surface area contributed by atoms with Crippen LogP contribution in [0.5, 0.6) is 5.75 Å². The zero-order valence-electron chi connectivity index (χ0n) is 18.5. The fraction of sp³-hybridized carbons (Fsp3) is 0.120. The number of carbonyl (C=O) groups is 1. The van der Waals surface area contributed by atoms with Crippen LogP contribution in [-0.4, -0.2) is 33.7 Å². The van der Waals surface area contributed by atoms with E-state index in [1.54, 1.807) is 60.7 Å². The molecule has 1 amide bonds. The van der Waals surface area contributed by atoms with Crippen molar-refractivity contribution < 1.29 is 17.9 Å². The van der Waals surface area contributed by atoms with Crippen molar-refractivity contribution in [2.45, 2.75) is 11.8 Å². The Morgan fingerprint density at radius 3 is 2.56 bits per heavy atom. The minimum absolute atomic E-state index is 0.0608. The number of amides is 1. The number of nitrogens with zero attached hydrogens (tertiary/aromatic N) is 2. The summed E-state index contributed by atoms with van der Waals surface area (Å²) in [5.74, 6) is 0.0115. The Labute approximate surface area is 204 Å². The Kier molecular flexibility index (Phi) is 8.45. The molecule has 1 N–H and O–H groups in total. The summed E-state index contributed by atoms with van der Waals surface area (Å²) >= 11 is 6.08. The second-order valence-electron chi connectivity index (χ2n) is 7.27. The second-order valence-corrected chi connectivity index (χ2v) is 9.57. The van der Waals surface area contributed by atoms with E-state index in [0.717, 1.165) is 9.87 Å². The van der Waals surface area contributed by atoms with Crippen LogP contribution in [0.15, 0.2) is 95.4 Å². The highest BCUT2D eigenvalue weighted by molar-refractivity contribution is 7.92. The largest absolute Gasteiger partial charge is 0.490 e. The number of halogens is 1. The maximum absolute atomic E-state index is 13.4. The second kappa shape index (κ2) is 11.5. The first-order chi connectivity index (χ1) is 16.3. The van der Waals surface area contributed by atoms with Crippen LogP contribution >= 0.6 is 11.6 Å². The van der Waals surface area contributed by atoms with Gasteiger partial charge in [-0.15, -0.1) is 0 Å². The molecule has 0 fully saturated rings. The first-order valence-electron chi connectivity index (χ1n) is 10.3. The number of carbonyl (C=O) groups excluding carboxylic acids is 1. The minimum Gasteiger partial charge on any atom is -0.490 e. The van der Waals surface area contributed by atoms with Crippen molar-refractivity contribution >= 4 is 39.4 Å². The van der Waals surface area contributed by atoms with Gasteiger partial charge in [-0.3, -0.25) is 9.10 Å². The Hall–Kier alpha value is -3.62. The maximum atomic E-state index is 13.4. The molecule has 9 heteroatoms. The topological polar surface area (TPSA) is 88.1 Å². The molecular weight excluding hydrogens is 474 g/mol. The molecule has 176 valence electrons. The predicted octanol–water partition coefficient (Wildman–Crippen LogP) is 4.56. The van der Waals surface area contributed by atoms with Gasteiger partial charge in [0.2, 0.25) is 0 Å². The fourth-order valence-electron chi connectivity index (χ4n) is 2.97. The molecule has 0 atom stereocenters. The molecule has 3 aromatic carbocycles. The van der Waals surface area contributed by atoms with Crippen LogP contribution < -0.4 is 14.5 Å². The first-order valence-corrected chi connectivity index (χ1v) is 12.1. The zero-order valence-corrected chi connectivity index (χ0v) is 20.1. The molecule has 0 spiro atoms. The number of aryl methyl sites for hydroxylation is 1. The lowest BCUT2D eigenvalue weighted by molar-refractivity contribution is -0.119. The lowest BCUT2D eigenvalue weighted by Gasteiger charge is -2.24. The number of ether oxygens (including phenoxy) is 1. The van der Waals surface area contributed by atoms with Crippen molar-refractivity contribution in [3.63, 3.8) is 0 Å². The van der Waals surface area contributed by atoms with E-state index in [1.165, 1.54) is 24.4 Å². The molecule has 0 aliphatic heterocycles. The highest BCUT2D eigenvalue weighted by atomic mass is 35.5. The van der Waals surface area contributed by atoms with Crippen molar-refractivity contribution in [3.05, 3.63) is 102 Å². The van der Waals surface area contributed by atoms with Crippen LogP contribution in [0, 0.1) is 6.92 Å². The lowest BCUT2D eigenvalue weighted by Crippen LogP contribution is -2.39. The molecule has 0 unspecified atom stereocenters. The van der Waals surface area contributed by atoms with Gasteiger partial charge in [0.15, 0.2) is 0 Å². The number of benzene rings is 3.